The molecule has 0 spiro atoms. The van der Waals surface area contributed by atoms with Gasteiger partial charge in [0.15, 0.2) is 11.6 Å². The van der Waals surface area contributed by atoms with E-state index in [9.17, 15) is 14.3 Å². The van der Waals surface area contributed by atoms with E-state index in [-0.39, 0.29) is 41.4 Å². The van der Waals surface area contributed by atoms with Gasteiger partial charge >= 0.3 is 5.97 Å². The summed E-state index contributed by atoms with van der Waals surface area (Å²) in [5.74, 6) is -1.36. The van der Waals surface area contributed by atoms with Crippen LogP contribution < -0.4 is 10.1 Å². The van der Waals surface area contributed by atoms with Crippen LogP contribution in [0.2, 0.25) is 10.0 Å². The molecule has 1 aromatic carbocycles. The standard InChI is InChI=1S/C18H19Cl2FN2O4/c1-4-26-13(25)8-22-18-15(20)16(14(19)17(21)23-18)27-10-5-6-12(24)11(7-10)9(2)3/h5-7,9,24H,4,8H2,1-3H3,(H,22,23). The van der Waals surface area contributed by atoms with E-state index in [1.807, 2.05) is 13.8 Å². The molecule has 0 fully saturated rings. The van der Waals surface area contributed by atoms with Gasteiger partial charge in [-0.05, 0) is 31.0 Å². The Labute approximate surface area is 166 Å². The lowest BCUT2D eigenvalue weighted by atomic mass is 10.0. The second-order valence-corrected chi connectivity index (χ2v) is 6.60. The first kappa shape index (κ1) is 21.1. The molecule has 2 rings (SSSR count). The van der Waals surface area contributed by atoms with Crippen LogP contribution in [0.3, 0.4) is 0 Å². The minimum atomic E-state index is -1.01. The number of carbonyl (C=O) groups is 1. The monoisotopic (exact) mass is 416 g/mol. The van der Waals surface area contributed by atoms with Crippen molar-refractivity contribution in [1.82, 2.24) is 4.98 Å². The average molecular weight is 417 g/mol. The van der Waals surface area contributed by atoms with Crippen molar-refractivity contribution < 1.29 is 23.8 Å². The van der Waals surface area contributed by atoms with Crippen LogP contribution >= 0.6 is 23.2 Å². The second-order valence-electron chi connectivity index (χ2n) is 5.84. The molecular formula is C18H19Cl2FN2O4. The molecule has 2 N–H and O–H groups in total. The molecule has 2 aromatic rings. The Morgan fingerprint density at radius 3 is 2.67 bits per heavy atom. The summed E-state index contributed by atoms with van der Waals surface area (Å²) in [6, 6.07) is 4.57. The van der Waals surface area contributed by atoms with Gasteiger partial charge in [-0.2, -0.15) is 9.37 Å². The smallest absolute Gasteiger partial charge is 0.325 e. The molecule has 0 aliphatic heterocycles. The third-order valence-electron chi connectivity index (χ3n) is 3.54. The highest BCUT2D eigenvalue weighted by molar-refractivity contribution is 6.38. The van der Waals surface area contributed by atoms with E-state index in [1.54, 1.807) is 13.0 Å². The molecule has 0 unspecified atom stereocenters. The molecule has 1 heterocycles. The van der Waals surface area contributed by atoms with Crippen molar-refractivity contribution in [3.05, 3.63) is 39.8 Å². The van der Waals surface area contributed by atoms with Gasteiger partial charge in [0.25, 0.3) is 0 Å². The van der Waals surface area contributed by atoms with E-state index < -0.39 is 16.9 Å². The van der Waals surface area contributed by atoms with Crippen molar-refractivity contribution in [2.45, 2.75) is 26.7 Å². The Balaban J connectivity index is 2.34. The average Bonchev–Trinajstić information content (AvgIpc) is 2.62. The summed E-state index contributed by atoms with van der Waals surface area (Å²) in [5, 5.41) is 12.0. The van der Waals surface area contributed by atoms with Gasteiger partial charge in [0.05, 0.1) is 6.61 Å². The Kier molecular flexibility index (Phi) is 7.10. The largest absolute Gasteiger partial charge is 0.508 e. The molecule has 0 aliphatic carbocycles. The molecule has 0 atom stereocenters. The highest BCUT2D eigenvalue weighted by Crippen LogP contribution is 2.42. The van der Waals surface area contributed by atoms with Crippen molar-refractivity contribution in [1.29, 1.82) is 0 Å². The third-order valence-corrected chi connectivity index (χ3v) is 4.22. The third kappa shape index (κ3) is 5.14. The maximum Gasteiger partial charge on any atom is 0.325 e. The van der Waals surface area contributed by atoms with Crippen LogP contribution in [0.5, 0.6) is 17.2 Å². The summed E-state index contributed by atoms with van der Waals surface area (Å²) in [7, 11) is 0. The Bertz CT molecular complexity index is 847. The van der Waals surface area contributed by atoms with Crippen molar-refractivity contribution in [2.24, 2.45) is 0 Å². The number of aromatic nitrogens is 1. The minimum Gasteiger partial charge on any atom is -0.508 e. The Morgan fingerprint density at radius 1 is 1.33 bits per heavy atom. The van der Waals surface area contributed by atoms with Gasteiger partial charge < -0.3 is 19.9 Å². The van der Waals surface area contributed by atoms with Gasteiger partial charge in [-0.1, -0.05) is 37.0 Å². The van der Waals surface area contributed by atoms with Gasteiger partial charge in [-0.25, -0.2) is 0 Å². The summed E-state index contributed by atoms with van der Waals surface area (Å²) < 4.78 is 24.5. The molecule has 0 saturated carbocycles. The number of rotatable bonds is 7. The summed E-state index contributed by atoms with van der Waals surface area (Å²) in [5.41, 5.74) is 0.648. The van der Waals surface area contributed by atoms with E-state index in [1.165, 1.54) is 12.1 Å². The maximum absolute atomic E-state index is 14.1. The number of aromatic hydroxyl groups is 1. The molecule has 0 saturated heterocycles. The number of pyridine rings is 1. The zero-order valence-electron chi connectivity index (χ0n) is 15.0. The number of hydrogen-bond donors (Lipinski definition) is 2. The molecule has 0 radical (unpaired) electrons. The van der Waals surface area contributed by atoms with Gasteiger partial charge in [0.1, 0.15) is 28.1 Å². The van der Waals surface area contributed by atoms with E-state index in [4.69, 9.17) is 32.7 Å². The number of nitrogens with one attached hydrogen (secondary N) is 1. The van der Waals surface area contributed by atoms with Crippen LogP contribution in [-0.4, -0.2) is 29.2 Å². The zero-order valence-corrected chi connectivity index (χ0v) is 16.5. The highest BCUT2D eigenvalue weighted by atomic mass is 35.5. The number of benzene rings is 1. The fourth-order valence-electron chi connectivity index (χ4n) is 2.24. The minimum absolute atomic E-state index is 0.0375. The molecule has 0 amide bonds. The summed E-state index contributed by atoms with van der Waals surface area (Å²) in [6.45, 7) is 5.44. The highest BCUT2D eigenvalue weighted by Gasteiger charge is 2.21. The van der Waals surface area contributed by atoms with Crippen LogP contribution in [0, 0.1) is 5.95 Å². The Morgan fingerprint density at radius 2 is 2.04 bits per heavy atom. The number of anilines is 1. The molecule has 6 nitrogen and oxygen atoms in total. The normalized spacial score (nSPS) is 10.8. The number of esters is 1. The predicted octanol–water partition coefficient (Wildman–Crippen LogP) is 5.12. The molecule has 146 valence electrons. The van der Waals surface area contributed by atoms with Crippen LogP contribution in [0.15, 0.2) is 18.2 Å². The fraction of sp³-hybridized carbons (Fsp3) is 0.333. The number of nitrogens with zero attached hydrogens (tertiary/aromatic N) is 1. The van der Waals surface area contributed by atoms with Crippen molar-refractivity contribution >= 4 is 35.0 Å². The quantitative estimate of drug-likeness (QED) is 0.481. The first-order valence-corrected chi connectivity index (χ1v) is 8.94. The van der Waals surface area contributed by atoms with Crippen molar-refractivity contribution in [3.8, 4) is 17.2 Å². The number of phenolic OH excluding ortho intramolecular Hbond substituents is 1. The van der Waals surface area contributed by atoms with E-state index in [0.717, 1.165) is 0 Å². The molecule has 0 aliphatic rings. The van der Waals surface area contributed by atoms with Gasteiger partial charge in [-0.15, -0.1) is 0 Å². The van der Waals surface area contributed by atoms with Gasteiger partial charge in [0.2, 0.25) is 5.95 Å². The van der Waals surface area contributed by atoms with Gasteiger partial charge in [-0.3, -0.25) is 4.79 Å². The van der Waals surface area contributed by atoms with Crippen molar-refractivity contribution in [3.63, 3.8) is 0 Å². The lowest BCUT2D eigenvalue weighted by molar-refractivity contribution is -0.140. The van der Waals surface area contributed by atoms with E-state index in [2.05, 4.69) is 10.3 Å². The number of halogens is 3. The second kappa shape index (κ2) is 9.10. The van der Waals surface area contributed by atoms with Crippen LogP contribution in [-0.2, 0) is 9.53 Å². The first-order chi connectivity index (χ1) is 12.7. The molecule has 9 heteroatoms. The van der Waals surface area contributed by atoms with Gasteiger partial charge in [0, 0.05) is 5.56 Å². The maximum atomic E-state index is 14.1. The van der Waals surface area contributed by atoms with E-state index >= 15 is 0 Å². The number of hydrogen-bond acceptors (Lipinski definition) is 6. The molecule has 0 bridgehead atoms. The number of carbonyl (C=O) groups excluding carboxylic acids is 1. The zero-order chi connectivity index (χ0) is 20.1. The molecule has 1 aromatic heterocycles. The number of ether oxygens (including phenoxy) is 2. The topological polar surface area (TPSA) is 80.7 Å². The predicted molar refractivity (Wildman–Crippen MR) is 102 cm³/mol. The SMILES string of the molecule is CCOC(=O)CNc1nc(F)c(Cl)c(Oc2ccc(O)c(C(C)C)c2)c1Cl. The fourth-order valence-corrected chi connectivity index (χ4v) is 2.71. The number of phenols is 1. The summed E-state index contributed by atoms with van der Waals surface area (Å²) >= 11 is 12.2. The summed E-state index contributed by atoms with van der Waals surface area (Å²) in [6.07, 6.45) is 0. The lowest BCUT2D eigenvalue weighted by Gasteiger charge is -2.15. The van der Waals surface area contributed by atoms with Crippen LogP contribution in [0.1, 0.15) is 32.3 Å². The van der Waals surface area contributed by atoms with Crippen molar-refractivity contribution in [2.75, 3.05) is 18.5 Å². The Hall–Kier alpha value is -2.25. The van der Waals surface area contributed by atoms with Crippen LogP contribution in [0.4, 0.5) is 10.2 Å². The molecule has 27 heavy (non-hydrogen) atoms. The van der Waals surface area contributed by atoms with E-state index in [0.29, 0.717) is 11.3 Å². The lowest BCUT2D eigenvalue weighted by Crippen LogP contribution is -2.18. The van der Waals surface area contributed by atoms with Crippen LogP contribution in [0.25, 0.3) is 0 Å². The molecular weight excluding hydrogens is 398 g/mol. The first-order valence-electron chi connectivity index (χ1n) is 8.19. The summed E-state index contributed by atoms with van der Waals surface area (Å²) in [4.78, 5) is 15.1.